The van der Waals surface area contributed by atoms with Gasteiger partial charge in [0.1, 0.15) is 0 Å². The first kappa shape index (κ1) is 7.69. The van der Waals surface area contributed by atoms with E-state index >= 15 is 0 Å². The van der Waals surface area contributed by atoms with Crippen LogP contribution in [0.15, 0.2) is 30.5 Å². The van der Waals surface area contributed by atoms with Gasteiger partial charge in [0.25, 0.3) is 0 Å². The van der Waals surface area contributed by atoms with Gasteiger partial charge in [0.2, 0.25) is 0 Å². The fourth-order valence-corrected chi connectivity index (χ4v) is 1.65. The van der Waals surface area contributed by atoms with Crippen molar-refractivity contribution in [2.45, 2.75) is 12.8 Å². The Morgan fingerprint density at radius 2 is 2.25 bits per heavy atom. The van der Waals surface area contributed by atoms with E-state index in [2.05, 4.69) is 17.5 Å². The van der Waals surface area contributed by atoms with Crippen LogP contribution in [0.2, 0.25) is 5.02 Å². The average molecular weight is 180 g/mol. The summed E-state index contributed by atoms with van der Waals surface area (Å²) in [7, 11) is 0. The van der Waals surface area contributed by atoms with Crippen molar-refractivity contribution in [1.82, 2.24) is 0 Å². The third-order valence-electron chi connectivity index (χ3n) is 2.03. The SMILES string of the molecule is Clc1cccc2c1NC=CCC2. The van der Waals surface area contributed by atoms with Gasteiger partial charge in [-0.2, -0.15) is 0 Å². The van der Waals surface area contributed by atoms with Crippen LogP contribution >= 0.6 is 11.6 Å². The third-order valence-corrected chi connectivity index (χ3v) is 2.34. The van der Waals surface area contributed by atoms with Crippen molar-refractivity contribution in [1.29, 1.82) is 0 Å². The molecule has 2 rings (SSSR count). The summed E-state index contributed by atoms with van der Waals surface area (Å²) in [5.74, 6) is 0. The number of rotatable bonds is 0. The predicted molar refractivity (Wildman–Crippen MR) is 52.5 cm³/mol. The third kappa shape index (κ3) is 1.32. The van der Waals surface area contributed by atoms with Gasteiger partial charge < -0.3 is 5.32 Å². The minimum Gasteiger partial charge on any atom is -0.361 e. The monoisotopic (exact) mass is 179 g/mol. The smallest absolute Gasteiger partial charge is 0.0643 e. The number of para-hydroxylation sites is 1. The topological polar surface area (TPSA) is 12.0 Å². The summed E-state index contributed by atoms with van der Waals surface area (Å²) < 4.78 is 0. The lowest BCUT2D eigenvalue weighted by Gasteiger charge is -2.07. The van der Waals surface area contributed by atoms with Crippen LogP contribution in [0.5, 0.6) is 0 Å². The highest BCUT2D eigenvalue weighted by Gasteiger charge is 2.06. The molecule has 0 unspecified atom stereocenters. The lowest BCUT2D eigenvalue weighted by atomic mass is 10.1. The van der Waals surface area contributed by atoms with E-state index in [0.717, 1.165) is 23.6 Å². The van der Waals surface area contributed by atoms with Crippen molar-refractivity contribution in [3.63, 3.8) is 0 Å². The number of halogens is 1. The molecule has 12 heavy (non-hydrogen) atoms. The van der Waals surface area contributed by atoms with E-state index in [9.17, 15) is 0 Å². The van der Waals surface area contributed by atoms with Crippen molar-refractivity contribution < 1.29 is 0 Å². The molecule has 1 aromatic rings. The first-order valence-corrected chi connectivity index (χ1v) is 4.44. The molecule has 1 N–H and O–H groups in total. The number of allylic oxidation sites excluding steroid dienone is 1. The number of nitrogens with one attached hydrogen (secondary N) is 1. The van der Waals surface area contributed by atoms with Crippen LogP contribution in [-0.2, 0) is 6.42 Å². The summed E-state index contributed by atoms with van der Waals surface area (Å²) in [5, 5.41) is 3.99. The Bertz CT molecular complexity index is 318. The van der Waals surface area contributed by atoms with Gasteiger partial charge >= 0.3 is 0 Å². The first-order valence-electron chi connectivity index (χ1n) is 4.07. The van der Waals surface area contributed by atoms with Crippen molar-refractivity contribution in [2.24, 2.45) is 0 Å². The highest BCUT2D eigenvalue weighted by atomic mass is 35.5. The van der Waals surface area contributed by atoms with Crippen molar-refractivity contribution in [2.75, 3.05) is 5.32 Å². The summed E-state index contributed by atoms with van der Waals surface area (Å²) in [6.07, 6.45) is 6.23. The van der Waals surface area contributed by atoms with Crippen LogP contribution in [0.1, 0.15) is 12.0 Å². The van der Waals surface area contributed by atoms with Gasteiger partial charge in [-0.3, -0.25) is 0 Å². The van der Waals surface area contributed by atoms with Crippen molar-refractivity contribution in [3.05, 3.63) is 41.1 Å². The number of aryl methyl sites for hydroxylation is 1. The number of anilines is 1. The molecule has 0 saturated carbocycles. The Morgan fingerprint density at radius 3 is 3.17 bits per heavy atom. The largest absolute Gasteiger partial charge is 0.361 e. The van der Waals surface area contributed by atoms with Crippen LogP contribution in [-0.4, -0.2) is 0 Å². The van der Waals surface area contributed by atoms with Crippen LogP contribution in [0.25, 0.3) is 0 Å². The summed E-state index contributed by atoms with van der Waals surface area (Å²) in [4.78, 5) is 0. The zero-order valence-electron chi connectivity index (χ0n) is 6.68. The number of benzene rings is 1. The van der Waals surface area contributed by atoms with Crippen LogP contribution < -0.4 is 5.32 Å². The minimum absolute atomic E-state index is 0.805. The summed E-state index contributed by atoms with van der Waals surface area (Å²) >= 11 is 6.02. The molecule has 1 aliphatic heterocycles. The second kappa shape index (κ2) is 3.20. The molecular formula is C10H10ClN. The molecule has 1 aromatic carbocycles. The van der Waals surface area contributed by atoms with Gasteiger partial charge in [0.05, 0.1) is 10.7 Å². The van der Waals surface area contributed by atoms with Crippen LogP contribution in [0.4, 0.5) is 5.69 Å². The van der Waals surface area contributed by atoms with Gasteiger partial charge in [-0.15, -0.1) is 0 Å². The van der Waals surface area contributed by atoms with Gasteiger partial charge in [-0.25, -0.2) is 0 Å². The predicted octanol–water partition coefficient (Wildman–Crippen LogP) is 3.21. The molecule has 0 atom stereocenters. The molecule has 0 aliphatic carbocycles. The zero-order chi connectivity index (χ0) is 8.39. The van der Waals surface area contributed by atoms with Gasteiger partial charge in [-0.1, -0.05) is 29.8 Å². The quantitative estimate of drug-likeness (QED) is 0.645. The molecule has 0 fully saturated rings. The second-order valence-corrected chi connectivity index (χ2v) is 3.27. The molecule has 0 amide bonds. The fraction of sp³-hybridized carbons (Fsp3) is 0.200. The Kier molecular flexibility index (Phi) is 2.05. The Labute approximate surface area is 77.0 Å². The average Bonchev–Trinajstić information content (AvgIpc) is 2.30. The first-order chi connectivity index (χ1) is 5.88. The van der Waals surface area contributed by atoms with E-state index in [1.165, 1.54) is 5.56 Å². The molecule has 0 spiro atoms. The second-order valence-electron chi connectivity index (χ2n) is 2.86. The molecule has 0 radical (unpaired) electrons. The highest BCUT2D eigenvalue weighted by Crippen LogP contribution is 2.28. The van der Waals surface area contributed by atoms with Crippen LogP contribution in [0, 0.1) is 0 Å². The van der Waals surface area contributed by atoms with E-state index in [-0.39, 0.29) is 0 Å². The lowest BCUT2D eigenvalue weighted by Crippen LogP contribution is -1.91. The summed E-state index contributed by atoms with van der Waals surface area (Å²) in [6.45, 7) is 0. The summed E-state index contributed by atoms with van der Waals surface area (Å²) in [6, 6.07) is 6.02. The molecule has 0 saturated heterocycles. The zero-order valence-corrected chi connectivity index (χ0v) is 7.43. The van der Waals surface area contributed by atoms with E-state index in [0.29, 0.717) is 0 Å². The van der Waals surface area contributed by atoms with E-state index in [1.807, 2.05) is 18.3 Å². The molecule has 1 nitrogen and oxygen atoms in total. The molecule has 1 heterocycles. The molecule has 0 bridgehead atoms. The molecular weight excluding hydrogens is 170 g/mol. The van der Waals surface area contributed by atoms with Gasteiger partial charge in [0.15, 0.2) is 0 Å². The number of fused-ring (bicyclic) bond motifs is 1. The Balaban J connectivity index is 2.48. The molecule has 1 aliphatic rings. The fourth-order valence-electron chi connectivity index (χ4n) is 1.40. The van der Waals surface area contributed by atoms with Crippen molar-refractivity contribution >= 4 is 17.3 Å². The summed E-state index contributed by atoms with van der Waals surface area (Å²) in [5.41, 5.74) is 2.36. The highest BCUT2D eigenvalue weighted by molar-refractivity contribution is 6.33. The maximum Gasteiger partial charge on any atom is 0.0643 e. The molecule has 62 valence electrons. The maximum absolute atomic E-state index is 6.02. The standard InChI is InChI=1S/C10H10ClN/c11-9-6-3-5-8-4-1-2-7-12-10(8)9/h2-3,5-7,12H,1,4H2. The number of hydrogen-bond donors (Lipinski definition) is 1. The van der Waals surface area contributed by atoms with Gasteiger partial charge in [-0.05, 0) is 30.7 Å². The van der Waals surface area contributed by atoms with E-state index in [4.69, 9.17) is 11.6 Å². The molecule has 2 heteroatoms. The van der Waals surface area contributed by atoms with Crippen LogP contribution in [0.3, 0.4) is 0 Å². The minimum atomic E-state index is 0.805. The van der Waals surface area contributed by atoms with Crippen molar-refractivity contribution in [3.8, 4) is 0 Å². The lowest BCUT2D eigenvalue weighted by molar-refractivity contribution is 1.01. The normalized spacial score (nSPS) is 14.8. The number of hydrogen-bond acceptors (Lipinski definition) is 1. The van der Waals surface area contributed by atoms with Gasteiger partial charge in [0, 0.05) is 0 Å². The Morgan fingerprint density at radius 1 is 1.33 bits per heavy atom. The van der Waals surface area contributed by atoms with E-state index < -0.39 is 0 Å². The molecule has 0 aromatic heterocycles. The Hall–Kier alpha value is -0.950. The van der Waals surface area contributed by atoms with E-state index in [1.54, 1.807) is 0 Å². The maximum atomic E-state index is 6.02.